The van der Waals surface area contributed by atoms with Gasteiger partial charge in [-0.05, 0) is 50.1 Å². The van der Waals surface area contributed by atoms with Crippen LogP contribution in [0.1, 0.15) is 24.8 Å². The molecule has 122 valence electrons. The molecule has 0 aromatic heterocycles. The van der Waals surface area contributed by atoms with Crippen molar-refractivity contribution in [2.24, 2.45) is 5.92 Å². The molecule has 2 aliphatic heterocycles. The molecule has 0 aliphatic carbocycles. The van der Waals surface area contributed by atoms with Crippen molar-refractivity contribution in [2.75, 3.05) is 44.2 Å². The number of hydrogen-bond donors (Lipinski definition) is 1. The Kier molecular flexibility index (Phi) is 5.14. The molecule has 0 unspecified atom stereocenters. The molecular weight excluding hydrogens is 288 g/mol. The Morgan fingerprint density at radius 3 is 2.52 bits per heavy atom. The zero-order chi connectivity index (χ0) is 16.1. The van der Waals surface area contributed by atoms with Gasteiger partial charge in [0.2, 0.25) is 5.91 Å². The maximum atomic E-state index is 12.7. The molecule has 2 heterocycles. The Hall–Kier alpha value is -2.06. The number of benzene rings is 1. The van der Waals surface area contributed by atoms with E-state index in [4.69, 9.17) is 5.26 Å². The van der Waals surface area contributed by atoms with E-state index in [1.807, 2.05) is 29.2 Å². The molecule has 0 atom stereocenters. The van der Waals surface area contributed by atoms with E-state index in [0.29, 0.717) is 11.5 Å². The van der Waals surface area contributed by atoms with Crippen LogP contribution in [0.25, 0.3) is 0 Å². The highest BCUT2D eigenvalue weighted by molar-refractivity contribution is 5.79. The quantitative estimate of drug-likeness (QED) is 0.901. The average Bonchev–Trinajstić information content (AvgIpc) is 2.91. The number of amides is 1. The summed E-state index contributed by atoms with van der Waals surface area (Å²) < 4.78 is 0. The minimum absolute atomic E-state index is 0.169. The monoisotopic (exact) mass is 312 g/mol. The first kappa shape index (κ1) is 15.8. The van der Waals surface area contributed by atoms with Crippen LogP contribution in [0, 0.1) is 17.2 Å². The highest BCUT2D eigenvalue weighted by Gasteiger charge is 2.28. The number of nitrogens with one attached hydrogen (secondary N) is 1. The molecule has 0 bridgehead atoms. The number of carbonyl (C=O) groups excluding carboxylic acids is 1. The number of rotatable bonds is 2. The molecule has 2 aliphatic rings. The third-order valence-corrected chi connectivity index (χ3v) is 4.86. The van der Waals surface area contributed by atoms with Gasteiger partial charge in [-0.3, -0.25) is 4.79 Å². The molecule has 5 heteroatoms. The fourth-order valence-electron chi connectivity index (χ4n) is 3.46. The predicted octanol–water partition coefficient (Wildman–Crippen LogP) is 1.60. The van der Waals surface area contributed by atoms with Gasteiger partial charge in [-0.25, -0.2) is 0 Å². The first-order chi connectivity index (χ1) is 11.3. The molecule has 23 heavy (non-hydrogen) atoms. The van der Waals surface area contributed by atoms with Crippen molar-refractivity contribution in [3.63, 3.8) is 0 Å². The molecule has 1 aromatic carbocycles. The van der Waals surface area contributed by atoms with E-state index in [1.165, 1.54) is 0 Å². The Morgan fingerprint density at radius 1 is 1.09 bits per heavy atom. The Bertz CT molecular complexity index is 562. The van der Waals surface area contributed by atoms with E-state index in [1.54, 1.807) is 0 Å². The summed E-state index contributed by atoms with van der Waals surface area (Å²) in [6, 6.07) is 9.86. The fourth-order valence-corrected chi connectivity index (χ4v) is 3.46. The lowest BCUT2D eigenvalue weighted by atomic mass is 9.94. The van der Waals surface area contributed by atoms with Crippen molar-refractivity contribution in [1.82, 2.24) is 10.2 Å². The van der Waals surface area contributed by atoms with Crippen LogP contribution < -0.4 is 10.2 Å². The van der Waals surface area contributed by atoms with E-state index in [9.17, 15) is 4.79 Å². The summed E-state index contributed by atoms with van der Waals surface area (Å²) in [6.07, 6.45) is 2.89. The molecule has 2 fully saturated rings. The lowest BCUT2D eigenvalue weighted by Crippen LogP contribution is -2.43. The number of piperidine rings is 1. The van der Waals surface area contributed by atoms with Crippen molar-refractivity contribution < 1.29 is 4.79 Å². The summed E-state index contributed by atoms with van der Waals surface area (Å²) in [5.41, 5.74) is 1.84. The Morgan fingerprint density at radius 2 is 1.83 bits per heavy atom. The van der Waals surface area contributed by atoms with Crippen LogP contribution in [-0.2, 0) is 4.79 Å². The van der Waals surface area contributed by atoms with Gasteiger partial charge in [0.15, 0.2) is 0 Å². The third-order valence-electron chi connectivity index (χ3n) is 4.86. The molecule has 0 radical (unpaired) electrons. The van der Waals surface area contributed by atoms with Crippen LogP contribution in [0.15, 0.2) is 24.3 Å². The second-order valence-corrected chi connectivity index (χ2v) is 6.35. The van der Waals surface area contributed by atoms with Crippen LogP contribution in [0.4, 0.5) is 5.69 Å². The van der Waals surface area contributed by atoms with Gasteiger partial charge >= 0.3 is 0 Å². The number of hydrogen-bond acceptors (Lipinski definition) is 4. The largest absolute Gasteiger partial charge is 0.371 e. The maximum absolute atomic E-state index is 12.7. The molecule has 3 rings (SSSR count). The first-order valence-corrected chi connectivity index (χ1v) is 8.52. The van der Waals surface area contributed by atoms with Gasteiger partial charge in [0, 0.05) is 44.3 Å². The number of anilines is 1. The number of nitriles is 1. The van der Waals surface area contributed by atoms with Crippen molar-refractivity contribution >= 4 is 11.6 Å². The van der Waals surface area contributed by atoms with Crippen LogP contribution in [-0.4, -0.2) is 50.1 Å². The van der Waals surface area contributed by atoms with Gasteiger partial charge in [-0.1, -0.05) is 0 Å². The van der Waals surface area contributed by atoms with Crippen LogP contribution >= 0.6 is 0 Å². The lowest BCUT2D eigenvalue weighted by molar-refractivity contribution is -0.136. The van der Waals surface area contributed by atoms with E-state index in [-0.39, 0.29) is 5.92 Å². The smallest absolute Gasteiger partial charge is 0.225 e. The predicted molar refractivity (Wildman–Crippen MR) is 90.2 cm³/mol. The Labute approximate surface area is 137 Å². The molecule has 0 spiro atoms. The summed E-state index contributed by atoms with van der Waals surface area (Å²) >= 11 is 0. The van der Waals surface area contributed by atoms with Gasteiger partial charge < -0.3 is 15.1 Å². The molecule has 2 saturated heterocycles. The summed E-state index contributed by atoms with van der Waals surface area (Å²) in [5.74, 6) is 0.510. The normalized spacial score (nSPS) is 20.0. The minimum Gasteiger partial charge on any atom is -0.371 e. The first-order valence-electron chi connectivity index (χ1n) is 8.52. The molecule has 0 saturated carbocycles. The Balaban J connectivity index is 1.55. The lowest BCUT2D eigenvalue weighted by Gasteiger charge is -2.35. The second kappa shape index (κ2) is 7.47. The van der Waals surface area contributed by atoms with Gasteiger partial charge in [0.05, 0.1) is 11.6 Å². The molecule has 5 nitrogen and oxygen atoms in total. The standard InChI is InChI=1S/C18H24N4O/c19-14-15-2-4-17(5-3-15)21-11-6-16(7-12-21)18(23)22-10-1-8-20-9-13-22/h2-5,16,20H,1,6-13H2. The van der Waals surface area contributed by atoms with E-state index in [0.717, 1.165) is 64.2 Å². The number of carbonyl (C=O) groups is 1. The van der Waals surface area contributed by atoms with E-state index < -0.39 is 0 Å². The van der Waals surface area contributed by atoms with Crippen LogP contribution in [0.3, 0.4) is 0 Å². The second-order valence-electron chi connectivity index (χ2n) is 6.35. The van der Waals surface area contributed by atoms with Gasteiger partial charge in [0.25, 0.3) is 0 Å². The molecule has 1 amide bonds. The van der Waals surface area contributed by atoms with E-state index >= 15 is 0 Å². The highest BCUT2D eigenvalue weighted by Crippen LogP contribution is 2.25. The van der Waals surface area contributed by atoms with Crippen molar-refractivity contribution in [3.8, 4) is 6.07 Å². The van der Waals surface area contributed by atoms with Crippen molar-refractivity contribution in [2.45, 2.75) is 19.3 Å². The van der Waals surface area contributed by atoms with Crippen molar-refractivity contribution in [1.29, 1.82) is 5.26 Å². The van der Waals surface area contributed by atoms with Gasteiger partial charge in [-0.15, -0.1) is 0 Å². The number of nitrogens with zero attached hydrogens (tertiary/aromatic N) is 3. The van der Waals surface area contributed by atoms with Gasteiger partial charge in [0.1, 0.15) is 0 Å². The summed E-state index contributed by atoms with van der Waals surface area (Å²) in [7, 11) is 0. The summed E-state index contributed by atoms with van der Waals surface area (Å²) in [4.78, 5) is 17.0. The summed E-state index contributed by atoms with van der Waals surface area (Å²) in [5, 5.41) is 12.2. The zero-order valence-electron chi connectivity index (χ0n) is 13.5. The van der Waals surface area contributed by atoms with Crippen LogP contribution in [0.5, 0.6) is 0 Å². The molecule has 1 aromatic rings. The summed E-state index contributed by atoms with van der Waals surface area (Å²) in [6.45, 7) is 5.48. The minimum atomic E-state index is 0.169. The third kappa shape index (κ3) is 3.83. The van der Waals surface area contributed by atoms with Crippen molar-refractivity contribution in [3.05, 3.63) is 29.8 Å². The zero-order valence-corrected chi connectivity index (χ0v) is 13.5. The highest BCUT2D eigenvalue weighted by atomic mass is 16.2. The fraction of sp³-hybridized carbons (Fsp3) is 0.556. The average molecular weight is 312 g/mol. The topological polar surface area (TPSA) is 59.4 Å². The van der Waals surface area contributed by atoms with Gasteiger partial charge in [-0.2, -0.15) is 5.26 Å². The van der Waals surface area contributed by atoms with Crippen LogP contribution in [0.2, 0.25) is 0 Å². The SMILES string of the molecule is N#Cc1ccc(N2CCC(C(=O)N3CCCNCC3)CC2)cc1. The molecule has 1 N–H and O–H groups in total. The van der Waals surface area contributed by atoms with E-state index in [2.05, 4.69) is 16.3 Å². The maximum Gasteiger partial charge on any atom is 0.225 e. The molecular formula is C18H24N4O.